The molecule has 2 fully saturated rings. The van der Waals surface area contributed by atoms with Crippen LogP contribution in [0.5, 0.6) is 0 Å². The highest BCUT2D eigenvalue weighted by molar-refractivity contribution is 7.33. The Balaban J connectivity index is 1.90. The normalized spacial score (nSPS) is 34.2. The molecule has 3 rings (SSSR count). The van der Waals surface area contributed by atoms with Crippen molar-refractivity contribution in [1.82, 2.24) is 9.34 Å². The maximum Gasteiger partial charge on any atom is 0.257 e. The summed E-state index contributed by atoms with van der Waals surface area (Å²) in [6, 6.07) is 0.949. The Hall–Kier alpha value is -0.630. The predicted octanol–water partition coefficient (Wildman–Crippen LogP) is 2.10. The molecule has 0 N–H and O–H groups in total. The molecule has 3 heterocycles. The molecule has 0 aromatic heterocycles. The number of nitrogens with zero attached hydrogens (tertiary/aromatic N) is 2. The number of rotatable bonds is 0. The van der Waals surface area contributed by atoms with E-state index in [-0.39, 0.29) is 5.41 Å². The van der Waals surface area contributed by atoms with Crippen molar-refractivity contribution in [2.24, 2.45) is 5.41 Å². The molecule has 3 aliphatic heterocycles. The van der Waals surface area contributed by atoms with E-state index in [1.54, 1.807) is 0 Å². The number of hydrogen-bond acceptors (Lipinski definition) is 4. The minimum absolute atomic E-state index is 0.248. The van der Waals surface area contributed by atoms with E-state index in [2.05, 4.69) is 37.0 Å². The van der Waals surface area contributed by atoms with Crippen molar-refractivity contribution < 1.29 is 9.47 Å². The van der Waals surface area contributed by atoms with E-state index < -0.39 is 0 Å². The molecule has 0 spiro atoms. The lowest BCUT2D eigenvalue weighted by atomic mass is 9.88. The second-order valence-corrected chi connectivity index (χ2v) is 6.97. The van der Waals surface area contributed by atoms with E-state index in [0.717, 1.165) is 25.0 Å². The molecule has 3 aliphatic rings. The summed E-state index contributed by atoms with van der Waals surface area (Å²) in [5, 5.41) is 0. The second-order valence-electron chi connectivity index (χ2n) is 5.80. The van der Waals surface area contributed by atoms with Gasteiger partial charge < -0.3 is 9.47 Å². The minimum Gasteiger partial charge on any atom is -0.473 e. The van der Waals surface area contributed by atoms with Crippen molar-refractivity contribution >= 4 is 8.88 Å². The van der Waals surface area contributed by atoms with Crippen molar-refractivity contribution in [1.29, 1.82) is 0 Å². The molecule has 0 aromatic rings. The van der Waals surface area contributed by atoms with Crippen LogP contribution in [0.15, 0.2) is 11.8 Å². The smallest absolute Gasteiger partial charge is 0.257 e. The fraction of sp³-hybridized carbons (Fsp3) is 0.818. The summed E-state index contributed by atoms with van der Waals surface area (Å²) in [4.78, 5) is 0. The highest BCUT2D eigenvalue weighted by atomic mass is 31.1. The first-order valence-electron chi connectivity index (χ1n) is 5.83. The summed E-state index contributed by atoms with van der Waals surface area (Å²) < 4.78 is 16.2. The van der Waals surface area contributed by atoms with Crippen LogP contribution in [0.1, 0.15) is 27.7 Å². The molecular weight excluding hydrogens is 223 g/mol. The number of ether oxygens (including phenoxy) is 2. The van der Waals surface area contributed by atoms with Gasteiger partial charge in [-0.2, -0.15) is 0 Å². The Bertz CT molecular complexity index is 350. The number of fused-ring (bicyclic) bond motifs is 2. The SMILES string of the molecule is C[C@H]1COC2=C3OC[C@H](C(C)(C)C)N3PN21. The van der Waals surface area contributed by atoms with E-state index in [0.29, 0.717) is 21.0 Å². The third-order valence-corrected chi connectivity index (χ3v) is 5.02. The molecule has 0 bridgehead atoms. The molecule has 0 radical (unpaired) electrons. The molecule has 16 heavy (non-hydrogen) atoms. The highest BCUT2D eigenvalue weighted by Crippen LogP contribution is 2.53. The topological polar surface area (TPSA) is 24.9 Å². The first kappa shape index (κ1) is 10.5. The van der Waals surface area contributed by atoms with Crippen LogP contribution in [0.4, 0.5) is 0 Å². The van der Waals surface area contributed by atoms with Crippen molar-refractivity contribution in [3.63, 3.8) is 0 Å². The van der Waals surface area contributed by atoms with Gasteiger partial charge in [-0.25, -0.2) is 0 Å². The summed E-state index contributed by atoms with van der Waals surface area (Å²) in [6.07, 6.45) is 0. The zero-order valence-corrected chi connectivity index (χ0v) is 11.3. The Morgan fingerprint density at radius 2 is 1.75 bits per heavy atom. The second kappa shape index (κ2) is 3.19. The minimum atomic E-state index is 0.248. The van der Waals surface area contributed by atoms with E-state index in [4.69, 9.17) is 9.47 Å². The van der Waals surface area contributed by atoms with Gasteiger partial charge in [0.2, 0.25) is 0 Å². The van der Waals surface area contributed by atoms with E-state index in [1.165, 1.54) is 0 Å². The van der Waals surface area contributed by atoms with Crippen LogP contribution in [0, 0.1) is 5.41 Å². The summed E-state index contributed by atoms with van der Waals surface area (Å²) in [5.74, 6) is 1.94. The van der Waals surface area contributed by atoms with Crippen LogP contribution in [0.3, 0.4) is 0 Å². The van der Waals surface area contributed by atoms with Gasteiger partial charge in [0.05, 0.1) is 21.0 Å². The highest BCUT2D eigenvalue weighted by Gasteiger charge is 2.49. The zero-order chi connectivity index (χ0) is 11.5. The fourth-order valence-electron chi connectivity index (χ4n) is 2.33. The van der Waals surface area contributed by atoms with Gasteiger partial charge in [0.25, 0.3) is 11.8 Å². The van der Waals surface area contributed by atoms with Gasteiger partial charge in [0.15, 0.2) is 0 Å². The lowest BCUT2D eigenvalue weighted by Gasteiger charge is -2.32. The molecule has 3 atom stereocenters. The lowest BCUT2D eigenvalue weighted by molar-refractivity contribution is 0.182. The molecule has 0 aromatic carbocycles. The lowest BCUT2D eigenvalue weighted by Crippen LogP contribution is -2.36. The molecule has 0 amide bonds. The first-order valence-corrected chi connectivity index (χ1v) is 6.72. The summed E-state index contributed by atoms with van der Waals surface area (Å²) in [7, 11) is 0.653. The maximum atomic E-state index is 5.82. The molecule has 0 saturated carbocycles. The Morgan fingerprint density at radius 3 is 2.44 bits per heavy atom. The molecule has 2 saturated heterocycles. The monoisotopic (exact) mass is 242 g/mol. The molecule has 5 heteroatoms. The van der Waals surface area contributed by atoms with Gasteiger partial charge in [0, 0.05) is 0 Å². The third-order valence-electron chi connectivity index (χ3n) is 3.43. The molecule has 1 unspecified atom stereocenters. The Labute approximate surface area is 98.5 Å². The summed E-state index contributed by atoms with van der Waals surface area (Å²) in [6.45, 7) is 10.6. The van der Waals surface area contributed by atoms with Gasteiger partial charge in [-0.1, -0.05) is 20.8 Å². The van der Waals surface area contributed by atoms with Gasteiger partial charge in [0.1, 0.15) is 13.2 Å². The van der Waals surface area contributed by atoms with Crippen LogP contribution in [0.2, 0.25) is 0 Å². The largest absolute Gasteiger partial charge is 0.473 e. The van der Waals surface area contributed by atoms with E-state index in [9.17, 15) is 0 Å². The van der Waals surface area contributed by atoms with Crippen LogP contribution in [0.25, 0.3) is 0 Å². The summed E-state index contributed by atoms with van der Waals surface area (Å²) in [5.41, 5.74) is 0.248. The van der Waals surface area contributed by atoms with Crippen molar-refractivity contribution in [3.8, 4) is 0 Å². The van der Waals surface area contributed by atoms with Crippen molar-refractivity contribution in [2.75, 3.05) is 13.2 Å². The van der Waals surface area contributed by atoms with Crippen molar-refractivity contribution in [3.05, 3.63) is 11.8 Å². The Kier molecular flexibility index (Phi) is 2.10. The van der Waals surface area contributed by atoms with Crippen LogP contribution in [-0.2, 0) is 9.47 Å². The van der Waals surface area contributed by atoms with Gasteiger partial charge in [-0.15, -0.1) is 0 Å². The first-order chi connectivity index (χ1) is 7.48. The molecule has 90 valence electrons. The third kappa shape index (κ3) is 1.32. The van der Waals surface area contributed by atoms with E-state index >= 15 is 0 Å². The Morgan fingerprint density at radius 1 is 1.12 bits per heavy atom. The van der Waals surface area contributed by atoms with Crippen LogP contribution < -0.4 is 0 Å². The number of hydrogen-bond donors (Lipinski definition) is 0. The molecular formula is C11H19N2O2P. The average molecular weight is 242 g/mol. The van der Waals surface area contributed by atoms with Crippen molar-refractivity contribution in [2.45, 2.75) is 39.8 Å². The zero-order valence-electron chi connectivity index (χ0n) is 10.3. The van der Waals surface area contributed by atoms with Gasteiger partial charge in [-0.3, -0.25) is 9.34 Å². The molecule has 4 nitrogen and oxygen atoms in total. The van der Waals surface area contributed by atoms with Crippen LogP contribution in [-0.4, -0.2) is 34.6 Å². The average Bonchev–Trinajstić information content (AvgIpc) is 2.76. The quantitative estimate of drug-likeness (QED) is 0.607. The predicted molar refractivity (Wildman–Crippen MR) is 63.6 cm³/mol. The van der Waals surface area contributed by atoms with E-state index in [1.807, 2.05) is 0 Å². The fourth-order valence-corrected chi connectivity index (χ4v) is 3.94. The van der Waals surface area contributed by atoms with Crippen LogP contribution >= 0.6 is 8.88 Å². The standard InChI is InChI=1S/C11H19N2O2P/c1-7-5-14-9-10-13(16-12(7)9)8(6-15-10)11(2,3)4/h7-8,16H,5-6H2,1-4H3/t7-,8+/m0/s1. The van der Waals surface area contributed by atoms with Gasteiger partial charge in [-0.05, 0) is 12.3 Å². The maximum absolute atomic E-state index is 5.82. The molecule has 0 aliphatic carbocycles. The summed E-state index contributed by atoms with van der Waals surface area (Å²) >= 11 is 0. The van der Waals surface area contributed by atoms with Gasteiger partial charge >= 0.3 is 0 Å².